The van der Waals surface area contributed by atoms with Gasteiger partial charge in [-0.2, -0.15) is 18.2 Å². The van der Waals surface area contributed by atoms with Crippen molar-refractivity contribution in [1.82, 2.24) is 15.5 Å². The zero-order valence-corrected chi connectivity index (χ0v) is 20.6. The zero-order valence-electron chi connectivity index (χ0n) is 20.6. The van der Waals surface area contributed by atoms with Crippen LogP contribution in [0.25, 0.3) is 10.9 Å². The van der Waals surface area contributed by atoms with E-state index in [4.69, 9.17) is 14.7 Å². The number of amides is 2. The van der Waals surface area contributed by atoms with Crippen LogP contribution < -0.4 is 10.2 Å². The van der Waals surface area contributed by atoms with Crippen molar-refractivity contribution in [1.29, 1.82) is 0 Å². The second-order valence-corrected chi connectivity index (χ2v) is 8.76. The fourth-order valence-corrected chi connectivity index (χ4v) is 4.23. The Hall–Kier alpha value is -4.23. The van der Waals surface area contributed by atoms with Gasteiger partial charge in [0.15, 0.2) is 0 Å². The molecular weight excluding hydrogens is 523 g/mol. The Morgan fingerprint density at radius 3 is 2.56 bits per heavy atom. The first-order valence-electron chi connectivity index (χ1n) is 11.8. The fourth-order valence-electron chi connectivity index (χ4n) is 4.23. The molecule has 13 heteroatoms. The molecule has 2 aromatic carbocycles. The fraction of sp³-hybridized carbons (Fsp3) is 0.308. The lowest BCUT2D eigenvalue weighted by atomic mass is 10.1. The van der Waals surface area contributed by atoms with E-state index in [1.807, 2.05) is 37.3 Å². The van der Waals surface area contributed by atoms with Crippen molar-refractivity contribution in [3.63, 3.8) is 0 Å². The normalized spacial score (nSPS) is 17.1. The number of carbonyl (C=O) groups is 3. The minimum absolute atomic E-state index is 0.0131. The summed E-state index contributed by atoms with van der Waals surface area (Å²) in [6.07, 6.45) is -6.99. The molecule has 1 aliphatic rings. The van der Waals surface area contributed by atoms with Crippen molar-refractivity contribution in [3.05, 3.63) is 71.4 Å². The van der Waals surface area contributed by atoms with Gasteiger partial charge in [0.05, 0.1) is 24.1 Å². The molecule has 10 nitrogen and oxygen atoms in total. The third-order valence-corrected chi connectivity index (χ3v) is 6.03. The number of nitrogens with one attached hydrogen (secondary N) is 1. The van der Waals surface area contributed by atoms with Crippen molar-refractivity contribution >= 4 is 28.7 Å². The van der Waals surface area contributed by atoms with E-state index in [9.17, 15) is 27.6 Å². The Labute approximate surface area is 220 Å². The molecule has 1 aromatic heterocycles. The van der Waals surface area contributed by atoms with Crippen molar-refractivity contribution in [3.8, 4) is 5.75 Å². The molecule has 2 amide bonds. The molecular formula is C26H24F3N3O7. The van der Waals surface area contributed by atoms with E-state index in [1.165, 1.54) is 29.7 Å². The Morgan fingerprint density at radius 2 is 1.87 bits per heavy atom. The second kappa shape index (κ2) is 11.7. The van der Waals surface area contributed by atoms with Crippen LogP contribution in [0.5, 0.6) is 5.75 Å². The van der Waals surface area contributed by atoms with Crippen LogP contribution in [0, 0.1) is 6.92 Å². The highest BCUT2D eigenvalue weighted by Gasteiger charge is 2.47. The Balaban J connectivity index is 1.52. The molecule has 0 bridgehead atoms. The van der Waals surface area contributed by atoms with Crippen LogP contribution in [0.3, 0.4) is 0 Å². The number of pyridine rings is 1. The summed E-state index contributed by atoms with van der Waals surface area (Å²) in [7, 11) is 0. The summed E-state index contributed by atoms with van der Waals surface area (Å²) >= 11 is 0. The van der Waals surface area contributed by atoms with Gasteiger partial charge in [0, 0.05) is 28.8 Å². The van der Waals surface area contributed by atoms with E-state index >= 15 is 0 Å². The number of para-hydroxylation sites is 1. The van der Waals surface area contributed by atoms with Gasteiger partial charge < -0.3 is 14.3 Å². The first-order chi connectivity index (χ1) is 18.6. The van der Waals surface area contributed by atoms with Crippen molar-refractivity contribution in [2.75, 3.05) is 6.61 Å². The van der Waals surface area contributed by atoms with E-state index in [0.29, 0.717) is 5.75 Å². The maximum Gasteiger partial charge on any atom is 0.493 e. The summed E-state index contributed by atoms with van der Waals surface area (Å²) in [4.78, 5) is 45.4. The van der Waals surface area contributed by atoms with Crippen LogP contribution in [-0.2, 0) is 25.8 Å². The van der Waals surface area contributed by atoms with E-state index in [1.54, 1.807) is 0 Å². The smallest absolute Gasteiger partial charge is 0.489 e. The molecule has 39 heavy (non-hydrogen) atoms. The Kier molecular flexibility index (Phi) is 8.31. The van der Waals surface area contributed by atoms with Gasteiger partial charge in [-0.05, 0) is 49.7 Å². The topological polar surface area (TPSA) is 127 Å². The summed E-state index contributed by atoms with van der Waals surface area (Å²) in [6.45, 7) is 2.04. The second-order valence-electron chi connectivity index (χ2n) is 8.76. The summed E-state index contributed by atoms with van der Waals surface area (Å²) in [5.74, 6) is -4.17. The zero-order chi connectivity index (χ0) is 28.2. The molecule has 1 aliphatic heterocycles. The number of carbonyl (C=O) groups excluding carboxylic acids is 3. The first kappa shape index (κ1) is 27.8. The molecule has 1 fully saturated rings. The summed E-state index contributed by atoms with van der Waals surface area (Å²) in [6, 6.07) is 13.8. The molecule has 2 atom stereocenters. The summed E-state index contributed by atoms with van der Waals surface area (Å²) in [5, 5.41) is 9.98. The maximum absolute atomic E-state index is 13.2. The van der Waals surface area contributed by atoms with Crippen LogP contribution in [0.2, 0.25) is 0 Å². The minimum Gasteiger partial charge on any atom is -0.489 e. The van der Waals surface area contributed by atoms with Crippen molar-refractivity contribution < 1.29 is 47.1 Å². The van der Waals surface area contributed by atoms with Gasteiger partial charge in [-0.1, -0.05) is 18.2 Å². The average Bonchev–Trinajstić information content (AvgIpc) is 3.36. The van der Waals surface area contributed by atoms with E-state index in [-0.39, 0.29) is 30.3 Å². The molecule has 2 heterocycles. The number of aromatic nitrogens is 1. The molecule has 206 valence electrons. The van der Waals surface area contributed by atoms with Crippen LogP contribution in [0.15, 0.2) is 54.6 Å². The van der Waals surface area contributed by atoms with Crippen LogP contribution in [-0.4, -0.2) is 58.0 Å². The van der Waals surface area contributed by atoms with E-state index in [2.05, 4.69) is 9.82 Å². The number of alkyl halides is 3. The number of aryl methyl sites for hydroxylation is 1. The van der Waals surface area contributed by atoms with E-state index in [0.717, 1.165) is 22.2 Å². The van der Waals surface area contributed by atoms with Crippen LogP contribution in [0.1, 0.15) is 34.5 Å². The van der Waals surface area contributed by atoms with Gasteiger partial charge in [-0.3, -0.25) is 19.8 Å². The Bertz CT molecular complexity index is 1370. The van der Waals surface area contributed by atoms with Gasteiger partial charge in [0.1, 0.15) is 12.4 Å². The van der Waals surface area contributed by atoms with Crippen LogP contribution >= 0.6 is 0 Å². The lowest BCUT2D eigenvalue weighted by molar-refractivity contribution is -0.236. The van der Waals surface area contributed by atoms with Gasteiger partial charge in [0.25, 0.3) is 5.91 Å². The average molecular weight is 547 g/mol. The lowest BCUT2D eigenvalue weighted by Crippen LogP contribution is -2.48. The monoisotopic (exact) mass is 547 g/mol. The molecule has 0 aliphatic carbocycles. The third-order valence-electron chi connectivity index (χ3n) is 6.03. The number of hydroxylamine groups is 3. The molecule has 0 radical (unpaired) electrons. The minimum atomic E-state index is -5.37. The van der Waals surface area contributed by atoms with Gasteiger partial charge in [0.2, 0.25) is 5.91 Å². The highest BCUT2D eigenvalue weighted by Crippen LogP contribution is 2.28. The molecule has 4 rings (SSSR count). The number of hydrogen-bond acceptors (Lipinski definition) is 8. The third kappa shape index (κ3) is 6.62. The number of rotatable bonds is 7. The first-order valence-corrected chi connectivity index (χ1v) is 11.8. The molecule has 1 saturated heterocycles. The van der Waals surface area contributed by atoms with Gasteiger partial charge in [-0.25, -0.2) is 10.3 Å². The molecule has 0 saturated carbocycles. The number of ether oxygens (including phenoxy) is 2. The quantitative estimate of drug-likeness (QED) is 0.339. The molecule has 0 unspecified atom stereocenters. The SMILES string of the molecule is Cc1cc(COc2ccc(C(=O)N(OC(=O)C(F)(F)F)[C@H]3CCO[C@H]3CC(=O)NO)cc2)c2ccccc2n1. The Morgan fingerprint density at radius 1 is 1.15 bits per heavy atom. The number of hydrogen-bond donors (Lipinski definition) is 2. The lowest BCUT2D eigenvalue weighted by Gasteiger charge is -2.30. The van der Waals surface area contributed by atoms with Crippen LogP contribution in [0.4, 0.5) is 13.2 Å². The van der Waals surface area contributed by atoms with Gasteiger partial charge >= 0.3 is 12.1 Å². The maximum atomic E-state index is 13.2. The predicted octanol–water partition coefficient (Wildman–Crippen LogP) is 3.64. The highest BCUT2D eigenvalue weighted by atomic mass is 19.4. The van der Waals surface area contributed by atoms with E-state index < -0.39 is 42.5 Å². The molecule has 3 aromatic rings. The van der Waals surface area contributed by atoms with Crippen molar-refractivity contribution in [2.45, 2.75) is 44.7 Å². The standard InChI is InChI=1S/C26H24F3N3O7/c1-15-12-17(19-4-2-3-5-20(19)30-15)14-38-18-8-6-16(7-9-18)24(34)32(39-25(35)26(27,28)29)21-10-11-37-22(21)13-23(33)31-36/h2-9,12,21-22,36H,10-11,13-14H2,1H3,(H,31,33)/t21-,22-/m0/s1. The highest BCUT2D eigenvalue weighted by molar-refractivity contribution is 5.95. The molecule has 0 spiro atoms. The summed E-state index contributed by atoms with van der Waals surface area (Å²) in [5.41, 5.74) is 3.81. The largest absolute Gasteiger partial charge is 0.493 e. The number of nitrogens with zero attached hydrogens (tertiary/aromatic N) is 2. The predicted molar refractivity (Wildman–Crippen MR) is 128 cm³/mol. The van der Waals surface area contributed by atoms with Crippen molar-refractivity contribution in [2.24, 2.45) is 0 Å². The number of halogens is 3. The number of fused-ring (bicyclic) bond motifs is 1. The number of benzene rings is 2. The van der Waals surface area contributed by atoms with Gasteiger partial charge in [-0.15, -0.1) is 0 Å². The summed E-state index contributed by atoms with van der Waals surface area (Å²) < 4.78 is 50.1. The molecule has 2 N–H and O–H groups in total.